The van der Waals surface area contributed by atoms with Crippen molar-refractivity contribution in [2.45, 2.75) is 26.8 Å². The van der Waals surface area contributed by atoms with Gasteiger partial charge in [0.15, 0.2) is 0 Å². The SMILES string of the molecule is CC(C)CNC(=O)C(C)n1cnc2cc(N)ccc21. The van der Waals surface area contributed by atoms with Gasteiger partial charge in [-0.05, 0) is 31.0 Å². The average molecular weight is 260 g/mol. The minimum atomic E-state index is -0.285. The molecule has 0 aliphatic heterocycles. The highest BCUT2D eigenvalue weighted by molar-refractivity contribution is 5.84. The zero-order valence-corrected chi connectivity index (χ0v) is 11.6. The van der Waals surface area contributed by atoms with Crippen molar-refractivity contribution >= 4 is 22.6 Å². The minimum absolute atomic E-state index is 0.00447. The van der Waals surface area contributed by atoms with Crippen LogP contribution < -0.4 is 11.1 Å². The molecule has 0 radical (unpaired) electrons. The molecule has 19 heavy (non-hydrogen) atoms. The Morgan fingerprint density at radius 1 is 1.42 bits per heavy atom. The maximum atomic E-state index is 12.1. The van der Waals surface area contributed by atoms with Gasteiger partial charge >= 0.3 is 0 Å². The van der Waals surface area contributed by atoms with Gasteiger partial charge in [0.25, 0.3) is 0 Å². The fraction of sp³-hybridized carbons (Fsp3) is 0.429. The summed E-state index contributed by atoms with van der Waals surface area (Å²) in [6, 6.07) is 5.24. The molecule has 0 saturated carbocycles. The molecule has 0 spiro atoms. The number of benzene rings is 1. The lowest BCUT2D eigenvalue weighted by Crippen LogP contribution is -2.33. The van der Waals surface area contributed by atoms with E-state index in [4.69, 9.17) is 5.73 Å². The van der Waals surface area contributed by atoms with Gasteiger partial charge in [-0.1, -0.05) is 13.8 Å². The molecule has 2 rings (SSSR count). The molecule has 0 aliphatic rings. The third-order valence-corrected chi connectivity index (χ3v) is 3.08. The van der Waals surface area contributed by atoms with E-state index in [9.17, 15) is 4.79 Å². The average Bonchev–Trinajstić information content (AvgIpc) is 2.77. The number of nitrogens with two attached hydrogens (primary N) is 1. The molecule has 3 N–H and O–H groups in total. The predicted molar refractivity (Wildman–Crippen MR) is 76.7 cm³/mol. The van der Waals surface area contributed by atoms with Crippen LogP contribution in [0.5, 0.6) is 0 Å². The molecule has 1 atom stereocenters. The van der Waals surface area contributed by atoms with Gasteiger partial charge in [0.05, 0.1) is 17.4 Å². The number of nitrogens with zero attached hydrogens (tertiary/aromatic N) is 2. The van der Waals surface area contributed by atoms with Crippen LogP contribution in [0.4, 0.5) is 5.69 Å². The Kier molecular flexibility index (Phi) is 3.74. The van der Waals surface area contributed by atoms with E-state index in [1.165, 1.54) is 0 Å². The molecule has 5 nitrogen and oxygen atoms in total. The number of nitrogens with one attached hydrogen (secondary N) is 1. The normalized spacial score (nSPS) is 12.8. The van der Waals surface area contributed by atoms with Crippen LogP contribution in [-0.4, -0.2) is 22.0 Å². The van der Waals surface area contributed by atoms with E-state index in [2.05, 4.69) is 24.1 Å². The van der Waals surface area contributed by atoms with Gasteiger partial charge in [-0.15, -0.1) is 0 Å². The summed E-state index contributed by atoms with van der Waals surface area (Å²) in [6.07, 6.45) is 1.68. The third kappa shape index (κ3) is 2.86. The molecule has 1 heterocycles. The van der Waals surface area contributed by atoms with E-state index >= 15 is 0 Å². The van der Waals surface area contributed by atoms with Crippen molar-refractivity contribution in [3.05, 3.63) is 24.5 Å². The monoisotopic (exact) mass is 260 g/mol. The summed E-state index contributed by atoms with van der Waals surface area (Å²) >= 11 is 0. The van der Waals surface area contributed by atoms with E-state index in [0.717, 1.165) is 11.0 Å². The first kappa shape index (κ1) is 13.4. The summed E-state index contributed by atoms with van der Waals surface area (Å²) in [6.45, 7) is 6.69. The highest BCUT2D eigenvalue weighted by Crippen LogP contribution is 2.20. The summed E-state index contributed by atoms with van der Waals surface area (Å²) in [5, 5.41) is 2.93. The van der Waals surface area contributed by atoms with Crippen molar-refractivity contribution in [1.29, 1.82) is 0 Å². The lowest BCUT2D eigenvalue weighted by Gasteiger charge is -2.15. The van der Waals surface area contributed by atoms with Gasteiger partial charge in [-0.2, -0.15) is 0 Å². The van der Waals surface area contributed by atoms with Crippen LogP contribution in [0.3, 0.4) is 0 Å². The molecular formula is C14H20N4O. The van der Waals surface area contributed by atoms with Crippen LogP contribution in [0.2, 0.25) is 0 Å². The number of carbonyl (C=O) groups is 1. The smallest absolute Gasteiger partial charge is 0.242 e. The number of carbonyl (C=O) groups excluding carboxylic acids is 1. The van der Waals surface area contributed by atoms with Crippen LogP contribution in [-0.2, 0) is 4.79 Å². The fourth-order valence-corrected chi connectivity index (χ4v) is 1.94. The highest BCUT2D eigenvalue weighted by atomic mass is 16.2. The Bertz CT molecular complexity index is 588. The number of rotatable bonds is 4. The topological polar surface area (TPSA) is 72.9 Å². The minimum Gasteiger partial charge on any atom is -0.399 e. The standard InChI is InChI=1S/C14H20N4O/c1-9(2)7-16-14(19)10(3)18-8-17-12-6-11(15)4-5-13(12)18/h4-6,8-10H,7,15H2,1-3H3,(H,16,19). The van der Waals surface area contributed by atoms with Gasteiger partial charge in [0.2, 0.25) is 5.91 Å². The molecule has 1 amide bonds. The van der Waals surface area contributed by atoms with Gasteiger partial charge in [0, 0.05) is 12.2 Å². The third-order valence-electron chi connectivity index (χ3n) is 3.08. The van der Waals surface area contributed by atoms with Gasteiger partial charge in [0.1, 0.15) is 6.04 Å². The summed E-state index contributed by atoms with van der Waals surface area (Å²) in [5.74, 6) is 0.445. The quantitative estimate of drug-likeness (QED) is 0.825. The van der Waals surface area contributed by atoms with Crippen molar-refractivity contribution < 1.29 is 4.79 Å². The predicted octanol–water partition coefficient (Wildman–Crippen LogP) is 1.95. The van der Waals surface area contributed by atoms with Crippen molar-refractivity contribution in [1.82, 2.24) is 14.9 Å². The molecule has 5 heteroatoms. The first-order valence-electron chi connectivity index (χ1n) is 6.49. The number of anilines is 1. The van der Waals surface area contributed by atoms with Crippen molar-refractivity contribution in [2.24, 2.45) is 5.92 Å². The zero-order valence-electron chi connectivity index (χ0n) is 11.6. The number of hydrogen-bond acceptors (Lipinski definition) is 3. The molecule has 1 unspecified atom stereocenters. The number of imidazole rings is 1. The zero-order chi connectivity index (χ0) is 14.0. The molecule has 0 bridgehead atoms. The lowest BCUT2D eigenvalue weighted by molar-refractivity contribution is -0.123. The number of hydrogen-bond donors (Lipinski definition) is 2. The summed E-state index contributed by atoms with van der Waals surface area (Å²) < 4.78 is 1.87. The maximum absolute atomic E-state index is 12.1. The van der Waals surface area contributed by atoms with Crippen molar-refractivity contribution in [3.63, 3.8) is 0 Å². The summed E-state index contributed by atoms with van der Waals surface area (Å²) in [7, 11) is 0. The Morgan fingerprint density at radius 2 is 2.16 bits per heavy atom. The molecule has 1 aromatic heterocycles. The molecule has 1 aromatic carbocycles. The fourth-order valence-electron chi connectivity index (χ4n) is 1.94. The van der Waals surface area contributed by atoms with Crippen LogP contribution in [0.15, 0.2) is 24.5 Å². The Morgan fingerprint density at radius 3 is 2.84 bits per heavy atom. The Labute approximate surface area is 112 Å². The number of amides is 1. The van der Waals surface area contributed by atoms with Crippen LogP contribution in [0.1, 0.15) is 26.8 Å². The van der Waals surface area contributed by atoms with Crippen LogP contribution in [0, 0.1) is 5.92 Å². The maximum Gasteiger partial charge on any atom is 0.242 e. The lowest BCUT2D eigenvalue weighted by atomic mass is 10.2. The molecule has 2 aromatic rings. The second-order valence-electron chi connectivity index (χ2n) is 5.21. The molecule has 102 valence electrons. The van der Waals surface area contributed by atoms with E-state index in [0.29, 0.717) is 18.2 Å². The first-order valence-corrected chi connectivity index (χ1v) is 6.49. The van der Waals surface area contributed by atoms with E-state index < -0.39 is 0 Å². The first-order chi connectivity index (χ1) is 8.99. The number of nitrogen functional groups attached to an aromatic ring is 1. The second-order valence-corrected chi connectivity index (χ2v) is 5.21. The summed E-state index contributed by atoms with van der Waals surface area (Å²) in [4.78, 5) is 16.4. The molecular weight excluding hydrogens is 240 g/mol. The van der Waals surface area contributed by atoms with Crippen molar-refractivity contribution in [2.75, 3.05) is 12.3 Å². The highest BCUT2D eigenvalue weighted by Gasteiger charge is 2.17. The van der Waals surface area contributed by atoms with Gasteiger partial charge in [-0.25, -0.2) is 4.98 Å². The number of aromatic nitrogens is 2. The molecule has 0 aliphatic carbocycles. The van der Waals surface area contributed by atoms with Gasteiger partial charge in [-0.3, -0.25) is 4.79 Å². The Balaban J connectivity index is 2.21. The Hall–Kier alpha value is -2.04. The van der Waals surface area contributed by atoms with E-state index in [1.807, 2.05) is 29.7 Å². The second kappa shape index (κ2) is 5.30. The van der Waals surface area contributed by atoms with Crippen LogP contribution in [0.25, 0.3) is 11.0 Å². The van der Waals surface area contributed by atoms with Gasteiger partial charge < -0.3 is 15.6 Å². The van der Waals surface area contributed by atoms with E-state index in [-0.39, 0.29) is 11.9 Å². The summed E-state index contributed by atoms with van der Waals surface area (Å²) in [5.41, 5.74) is 8.12. The van der Waals surface area contributed by atoms with Crippen LogP contribution >= 0.6 is 0 Å². The van der Waals surface area contributed by atoms with Crippen molar-refractivity contribution in [3.8, 4) is 0 Å². The van der Waals surface area contributed by atoms with E-state index in [1.54, 1.807) is 6.33 Å². The number of fused-ring (bicyclic) bond motifs is 1. The largest absolute Gasteiger partial charge is 0.399 e. The molecule has 0 fully saturated rings. The molecule has 0 saturated heterocycles.